The van der Waals surface area contributed by atoms with Crippen molar-refractivity contribution in [2.75, 3.05) is 14.2 Å². The van der Waals surface area contributed by atoms with Crippen LogP contribution in [0, 0.1) is 3.57 Å². The third-order valence-electron chi connectivity index (χ3n) is 4.57. The van der Waals surface area contributed by atoms with Gasteiger partial charge in [-0.25, -0.2) is 9.97 Å². The number of fused-ring (bicyclic) bond motifs is 1. The number of halogens is 1. The number of methoxy groups -OCH3 is 2. The zero-order chi connectivity index (χ0) is 20.2. The predicted octanol–water partition coefficient (Wildman–Crippen LogP) is 4.68. The van der Waals surface area contributed by atoms with Crippen LogP contribution in [0.4, 0.5) is 0 Å². The first-order valence-corrected chi connectivity index (χ1v) is 10.1. The van der Waals surface area contributed by atoms with Gasteiger partial charge in [-0.05, 0) is 64.6 Å². The predicted molar refractivity (Wildman–Crippen MR) is 120 cm³/mol. The molecule has 2 aromatic heterocycles. The maximum absolute atomic E-state index is 5.94. The van der Waals surface area contributed by atoms with Crippen molar-refractivity contribution in [3.8, 4) is 17.4 Å². The highest BCUT2D eigenvalue weighted by Gasteiger charge is 2.09. The van der Waals surface area contributed by atoms with Crippen molar-refractivity contribution in [3.05, 3.63) is 75.8 Å². The lowest BCUT2D eigenvalue weighted by atomic mass is 10.2. The minimum atomic E-state index is 0.400. The molecule has 148 valence electrons. The van der Waals surface area contributed by atoms with Gasteiger partial charge in [-0.2, -0.15) is 0 Å². The van der Waals surface area contributed by atoms with Crippen LogP contribution in [0.5, 0.6) is 17.4 Å². The SMILES string of the molecule is COc1ccc(COc2ccc(Cn3cnc4cc(I)ccc43)cc2OC)cn1. The Balaban J connectivity index is 1.49. The fourth-order valence-corrected chi connectivity index (χ4v) is 3.54. The fraction of sp³-hybridized carbons (Fsp3) is 0.182. The van der Waals surface area contributed by atoms with E-state index in [0.717, 1.165) is 22.2 Å². The molecule has 0 saturated heterocycles. The van der Waals surface area contributed by atoms with Crippen LogP contribution in [0.25, 0.3) is 11.0 Å². The van der Waals surface area contributed by atoms with Crippen molar-refractivity contribution in [2.24, 2.45) is 0 Å². The fourth-order valence-electron chi connectivity index (χ4n) is 3.07. The maximum Gasteiger partial charge on any atom is 0.212 e. The summed E-state index contributed by atoms with van der Waals surface area (Å²) in [6.45, 7) is 1.10. The van der Waals surface area contributed by atoms with Gasteiger partial charge in [0.25, 0.3) is 0 Å². The second-order valence-electron chi connectivity index (χ2n) is 6.49. The number of aromatic nitrogens is 3. The van der Waals surface area contributed by atoms with Gasteiger partial charge in [0.1, 0.15) is 6.61 Å². The van der Waals surface area contributed by atoms with Crippen molar-refractivity contribution >= 4 is 33.6 Å². The summed E-state index contributed by atoms with van der Waals surface area (Å²) < 4.78 is 19.9. The zero-order valence-corrected chi connectivity index (χ0v) is 18.3. The van der Waals surface area contributed by atoms with Crippen LogP contribution in [-0.4, -0.2) is 28.8 Å². The Morgan fingerprint density at radius 3 is 2.52 bits per heavy atom. The minimum absolute atomic E-state index is 0.400. The van der Waals surface area contributed by atoms with E-state index in [1.807, 2.05) is 36.7 Å². The van der Waals surface area contributed by atoms with E-state index in [2.05, 4.69) is 55.3 Å². The molecule has 0 atom stereocenters. The lowest BCUT2D eigenvalue weighted by Crippen LogP contribution is -2.01. The minimum Gasteiger partial charge on any atom is -0.493 e. The van der Waals surface area contributed by atoms with E-state index in [1.165, 1.54) is 3.57 Å². The topological polar surface area (TPSA) is 58.4 Å². The summed E-state index contributed by atoms with van der Waals surface area (Å²) in [5, 5.41) is 0. The van der Waals surface area contributed by atoms with Gasteiger partial charge in [0.2, 0.25) is 5.88 Å². The van der Waals surface area contributed by atoms with E-state index in [4.69, 9.17) is 14.2 Å². The lowest BCUT2D eigenvalue weighted by Gasteiger charge is -2.13. The van der Waals surface area contributed by atoms with Gasteiger partial charge < -0.3 is 18.8 Å². The number of hydrogen-bond donors (Lipinski definition) is 0. The van der Waals surface area contributed by atoms with Gasteiger partial charge >= 0.3 is 0 Å². The van der Waals surface area contributed by atoms with E-state index >= 15 is 0 Å². The van der Waals surface area contributed by atoms with Crippen molar-refractivity contribution < 1.29 is 14.2 Å². The molecule has 0 unspecified atom stereocenters. The smallest absolute Gasteiger partial charge is 0.212 e. The third-order valence-corrected chi connectivity index (χ3v) is 5.24. The Morgan fingerprint density at radius 2 is 1.76 bits per heavy atom. The number of imidazole rings is 1. The lowest BCUT2D eigenvalue weighted by molar-refractivity contribution is 0.283. The molecule has 6 nitrogen and oxygen atoms in total. The molecule has 2 aromatic carbocycles. The van der Waals surface area contributed by atoms with Crippen LogP contribution in [0.1, 0.15) is 11.1 Å². The Bertz CT molecular complexity index is 1130. The Kier molecular flexibility index (Phi) is 5.84. The Morgan fingerprint density at radius 1 is 0.897 bits per heavy atom. The molecule has 0 amide bonds. The number of pyridine rings is 1. The maximum atomic E-state index is 5.94. The van der Waals surface area contributed by atoms with Gasteiger partial charge in [0, 0.05) is 27.9 Å². The summed E-state index contributed by atoms with van der Waals surface area (Å²) in [4.78, 5) is 8.69. The highest BCUT2D eigenvalue weighted by atomic mass is 127. The standard InChI is InChI=1S/C22H20IN3O3/c1-27-21-9-15(12-26-14-25-18-10-17(23)5-6-19(18)26)3-7-20(21)29-13-16-4-8-22(28-2)24-11-16/h3-11,14H,12-13H2,1-2H3. The first kappa shape index (κ1) is 19.5. The second kappa shape index (κ2) is 8.69. The molecule has 2 heterocycles. The van der Waals surface area contributed by atoms with Gasteiger partial charge in [-0.3, -0.25) is 0 Å². The van der Waals surface area contributed by atoms with Crippen LogP contribution in [0.3, 0.4) is 0 Å². The molecule has 0 fully saturated rings. The zero-order valence-electron chi connectivity index (χ0n) is 16.1. The summed E-state index contributed by atoms with van der Waals surface area (Å²) >= 11 is 2.30. The highest BCUT2D eigenvalue weighted by molar-refractivity contribution is 14.1. The van der Waals surface area contributed by atoms with E-state index in [9.17, 15) is 0 Å². The largest absolute Gasteiger partial charge is 0.493 e. The molecule has 29 heavy (non-hydrogen) atoms. The van der Waals surface area contributed by atoms with Crippen LogP contribution in [0.15, 0.2) is 61.1 Å². The normalized spacial score (nSPS) is 10.9. The second-order valence-corrected chi connectivity index (χ2v) is 7.73. The van der Waals surface area contributed by atoms with Gasteiger partial charge in [-0.1, -0.05) is 6.07 Å². The molecule has 7 heteroatoms. The van der Waals surface area contributed by atoms with E-state index in [0.29, 0.717) is 30.5 Å². The van der Waals surface area contributed by atoms with Crippen LogP contribution < -0.4 is 14.2 Å². The molecular formula is C22H20IN3O3. The van der Waals surface area contributed by atoms with Gasteiger partial charge in [0.15, 0.2) is 11.5 Å². The highest BCUT2D eigenvalue weighted by Crippen LogP contribution is 2.29. The number of nitrogens with zero attached hydrogens (tertiary/aromatic N) is 3. The number of rotatable bonds is 7. The van der Waals surface area contributed by atoms with E-state index in [1.54, 1.807) is 20.4 Å². The van der Waals surface area contributed by atoms with Crippen LogP contribution in [0.2, 0.25) is 0 Å². The first-order valence-electron chi connectivity index (χ1n) is 9.05. The molecule has 0 saturated carbocycles. The van der Waals surface area contributed by atoms with Crippen molar-refractivity contribution in [1.29, 1.82) is 0 Å². The van der Waals surface area contributed by atoms with Gasteiger partial charge in [0.05, 0.1) is 31.6 Å². The summed E-state index contributed by atoms with van der Waals surface area (Å²) in [5.41, 5.74) is 4.17. The van der Waals surface area contributed by atoms with Gasteiger partial charge in [-0.15, -0.1) is 0 Å². The number of hydrogen-bond acceptors (Lipinski definition) is 5. The molecular weight excluding hydrogens is 481 g/mol. The average Bonchev–Trinajstić information content (AvgIpc) is 3.14. The number of ether oxygens (including phenoxy) is 3. The van der Waals surface area contributed by atoms with Crippen LogP contribution >= 0.6 is 22.6 Å². The summed E-state index contributed by atoms with van der Waals surface area (Å²) in [6.07, 6.45) is 3.61. The van der Waals surface area contributed by atoms with Crippen LogP contribution in [-0.2, 0) is 13.2 Å². The molecule has 4 rings (SSSR count). The Hall–Kier alpha value is -2.81. The van der Waals surface area contributed by atoms with Crippen molar-refractivity contribution in [2.45, 2.75) is 13.2 Å². The Labute approximate surface area is 182 Å². The van der Waals surface area contributed by atoms with E-state index in [-0.39, 0.29) is 0 Å². The summed E-state index contributed by atoms with van der Waals surface area (Å²) in [6, 6.07) is 16.0. The van der Waals surface area contributed by atoms with Crippen molar-refractivity contribution in [3.63, 3.8) is 0 Å². The summed E-state index contributed by atoms with van der Waals surface area (Å²) in [7, 11) is 3.24. The molecule has 0 bridgehead atoms. The molecule has 4 aromatic rings. The molecule has 0 aliphatic heterocycles. The molecule has 0 spiro atoms. The van der Waals surface area contributed by atoms with E-state index < -0.39 is 0 Å². The molecule has 0 aliphatic carbocycles. The monoisotopic (exact) mass is 501 g/mol. The molecule has 0 radical (unpaired) electrons. The molecule has 0 aliphatic rings. The number of benzene rings is 2. The third kappa shape index (κ3) is 4.45. The quantitative estimate of drug-likeness (QED) is 0.345. The average molecular weight is 501 g/mol. The first-order chi connectivity index (χ1) is 14.2. The molecule has 0 N–H and O–H groups in total. The van der Waals surface area contributed by atoms with Crippen molar-refractivity contribution in [1.82, 2.24) is 14.5 Å². The summed E-state index contributed by atoms with van der Waals surface area (Å²) in [5.74, 6) is 1.97.